The Balaban J connectivity index is 2.39. The molecule has 1 aliphatic heterocycles. The molecule has 74 valence electrons. The number of halogens is 1. The summed E-state index contributed by atoms with van der Waals surface area (Å²) < 4.78 is 0. The van der Waals surface area contributed by atoms with Gasteiger partial charge in [-0.3, -0.25) is 0 Å². The molecule has 2 heteroatoms. The molecule has 1 aromatic rings. The van der Waals surface area contributed by atoms with E-state index in [9.17, 15) is 0 Å². The maximum atomic E-state index is 5.99. The van der Waals surface area contributed by atoms with Crippen LogP contribution in [0.25, 0.3) is 5.57 Å². The summed E-state index contributed by atoms with van der Waals surface area (Å²) in [7, 11) is 0. The van der Waals surface area contributed by atoms with Gasteiger partial charge in [0, 0.05) is 11.6 Å². The fourth-order valence-corrected chi connectivity index (χ4v) is 1.98. The van der Waals surface area contributed by atoms with Crippen molar-refractivity contribution < 1.29 is 0 Å². The van der Waals surface area contributed by atoms with Gasteiger partial charge in [0.05, 0.1) is 0 Å². The van der Waals surface area contributed by atoms with Gasteiger partial charge in [-0.1, -0.05) is 23.7 Å². The standard InChI is InChI=1S/C12H14ClN/c1-9-2-3-11(13)8-12(9)10-4-6-14-7-5-10/h2-4,8,14H,5-7H2,1H3. The van der Waals surface area contributed by atoms with Crippen molar-refractivity contribution >= 4 is 17.2 Å². The van der Waals surface area contributed by atoms with Crippen LogP contribution in [0.4, 0.5) is 0 Å². The van der Waals surface area contributed by atoms with Gasteiger partial charge in [0.2, 0.25) is 0 Å². The Morgan fingerprint density at radius 2 is 2.21 bits per heavy atom. The molecule has 0 atom stereocenters. The summed E-state index contributed by atoms with van der Waals surface area (Å²) in [5.74, 6) is 0. The highest BCUT2D eigenvalue weighted by molar-refractivity contribution is 6.30. The first-order chi connectivity index (χ1) is 6.77. The van der Waals surface area contributed by atoms with Gasteiger partial charge in [-0.2, -0.15) is 0 Å². The quantitative estimate of drug-likeness (QED) is 0.747. The summed E-state index contributed by atoms with van der Waals surface area (Å²) in [6.45, 7) is 4.17. The molecule has 1 nitrogen and oxygen atoms in total. The molecule has 1 heterocycles. The number of hydrogen-bond donors (Lipinski definition) is 1. The lowest BCUT2D eigenvalue weighted by atomic mass is 9.96. The first-order valence-corrected chi connectivity index (χ1v) is 5.31. The molecule has 0 unspecified atom stereocenters. The third kappa shape index (κ3) is 1.99. The molecule has 0 radical (unpaired) electrons. The van der Waals surface area contributed by atoms with E-state index in [2.05, 4.69) is 30.4 Å². The Kier molecular flexibility index (Phi) is 2.90. The first kappa shape index (κ1) is 9.75. The van der Waals surface area contributed by atoms with Gasteiger partial charge in [-0.25, -0.2) is 0 Å². The molecule has 1 aliphatic rings. The van der Waals surface area contributed by atoms with Crippen LogP contribution in [0.5, 0.6) is 0 Å². The number of hydrogen-bond acceptors (Lipinski definition) is 1. The molecule has 0 spiro atoms. The van der Waals surface area contributed by atoms with E-state index in [4.69, 9.17) is 11.6 Å². The van der Waals surface area contributed by atoms with Crippen molar-refractivity contribution in [3.8, 4) is 0 Å². The summed E-state index contributed by atoms with van der Waals surface area (Å²) in [4.78, 5) is 0. The Morgan fingerprint density at radius 3 is 2.93 bits per heavy atom. The highest BCUT2D eigenvalue weighted by atomic mass is 35.5. The molecule has 0 saturated carbocycles. The second kappa shape index (κ2) is 4.16. The Labute approximate surface area is 89.8 Å². The third-order valence-corrected chi connectivity index (χ3v) is 2.84. The van der Waals surface area contributed by atoms with Crippen LogP contribution in [0.1, 0.15) is 17.5 Å². The molecule has 0 aromatic heterocycles. The maximum absolute atomic E-state index is 5.99. The zero-order valence-electron chi connectivity index (χ0n) is 8.31. The molecular formula is C12H14ClN. The van der Waals surface area contributed by atoms with E-state index in [0.29, 0.717) is 0 Å². The molecule has 0 aliphatic carbocycles. The summed E-state index contributed by atoms with van der Waals surface area (Å²) >= 11 is 5.99. The highest BCUT2D eigenvalue weighted by Gasteiger charge is 2.08. The Bertz CT molecular complexity index is 369. The minimum Gasteiger partial charge on any atom is -0.313 e. The molecule has 2 rings (SSSR count). The predicted molar refractivity (Wildman–Crippen MR) is 61.7 cm³/mol. The number of aryl methyl sites for hydroxylation is 1. The number of nitrogens with one attached hydrogen (secondary N) is 1. The number of benzene rings is 1. The summed E-state index contributed by atoms with van der Waals surface area (Å²) in [6.07, 6.45) is 3.35. The van der Waals surface area contributed by atoms with Gasteiger partial charge in [0.1, 0.15) is 0 Å². The van der Waals surface area contributed by atoms with Gasteiger partial charge in [0.15, 0.2) is 0 Å². The van der Waals surface area contributed by atoms with E-state index < -0.39 is 0 Å². The Hall–Kier alpha value is -0.790. The van der Waals surface area contributed by atoms with Gasteiger partial charge in [-0.15, -0.1) is 0 Å². The topological polar surface area (TPSA) is 12.0 Å². The van der Waals surface area contributed by atoms with E-state index in [1.807, 2.05) is 6.07 Å². The van der Waals surface area contributed by atoms with Crippen LogP contribution in [-0.4, -0.2) is 13.1 Å². The maximum Gasteiger partial charge on any atom is 0.0412 e. The first-order valence-electron chi connectivity index (χ1n) is 4.93. The average Bonchev–Trinajstić information content (AvgIpc) is 2.23. The molecule has 0 fully saturated rings. The van der Waals surface area contributed by atoms with Crippen LogP contribution < -0.4 is 5.32 Å². The van der Waals surface area contributed by atoms with Crippen LogP contribution in [0, 0.1) is 6.92 Å². The fourth-order valence-electron chi connectivity index (χ4n) is 1.81. The van der Waals surface area contributed by atoms with Crippen molar-refractivity contribution in [1.29, 1.82) is 0 Å². The van der Waals surface area contributed by atoms with Crippen molar-refractivity contribution in [3.63, 3.8) is 0 Å². The van der Waals surface area contributed by atoms with Crippen LogP contribution in [0.2, 0.25) is 5.02 Å². The molecule has 0 saturated heterocycles. The van der Waals surface area contributed by atoms with Gasteiger partial charge in [0.25, 0.3) is 0 Å². The third-order valence-electron chi connectivity index (χ3n) is 2.61. The molecule has 0 bridgehead atoms. The van der Waals surface area contributed by atoms with E-state index in [0.717, 1.165) is 24.5 Å². The molecule has 1 N–H and O–H groups in total. The fraction of sp³-hybridized carbons (Fsp3) is 0.333. The summed E-state index contributed by atoms with van der Waals surface area (Å²) in [5, 5.41) is 4.13. The average molecular weight is 208 g/mol. The molecule has 0 amide bonds. The number of rotatable bonds is 1. The van der Waals surface area contributed by atoms with Gasteiger partial charge >= 0.3 is 0 Å². The zero-order valence-corrected chi connectivity index (χ0v) is 9.06. The van der Waals surface area contributed by atoms with Crippen molar-refractivity contribution in [1.82, 2.24) is 5.32 Å². The summed E-state index contributed by atoms with van der Waals surface area (Å²) in [5.41, 5.74) is 4.03. The van der Waals surface area contributed by atoms with Crippen molar-refractivity contribution in [3.05, 3.63) is 40.4 Å². The smallest absolute Gasteiger partial charge is 0.0412 e. The van der Waals surface area contributed by atoms with E-state index >= 15 is 0 Å². The second-order valence-electron chi connectivity index (χ2n) is 3.64. The largest absolute Gasteiger partial charge is 0.313 e. The van der Waals surface area contributed by atoms with Gasteiger partial charge < -0.3 is 5.32 Å². The van der Waals surface area contributed by atoms with Crippen LogP contribution in [0.3, 0.4) is 0 Å². The highest BCUT2D eigenvalue weighted by Crippen LogP contribution is 2.25. The minimum absolute atomic E-state index is 0.824. The van der Waals surface area contributed by atoms with Crippen molar-refractivity contribution in [2.24, 2.45) is 0 Å². The van der Waals surface area contributed by atoms with Crippen LogP contribution in [0.15, 0.2) is 24.3 Å². The van der Waals surface area contributed by atoms with E-state index in [-0.39, 0.29) is 0 Å². The van der Waals surface area contributed by atoms with Crippen molar-refractivity contribution in [2.45, 2.75) is 13.3 Å². The van der Waals surface area contributed by atoms with Gasteiger partial charge in [-0.05, 0) is 48.7 Å². The lowest BCUT2D eigenvalue weighted by Gasteiger charge is -2.16. The monoisotopic (exact) mass is 207 g/mol. The lowest BCUT2D eigenvalue weighted by Crippen LogP contribution is -2.20. The SMILES string of the molecule is Cc1ccc(Cl)cc1C1=CCNCC1. The molecule has 1 aromatic carbocycles. The molecule has 14 heavy (non-hydrogen) atoms. The summed E-state index contributed by atoms with van der Waals surface area (Å²) in [6, 6.07) is 6.09. The molecular weight excluding hydrogens is 194 g/mol. The van der Waals surface area contributed by atoms with E-state index in [1.165, 1.54) is 16.7 Å². The van der Waals surface area contributed by atoms with Crippen LogP contribution >= 0.6 is 11.6 Å². The predicted octanol–water partition coefficient (Wildman–Crippen LogP) is 3.03. The normalized spacial score (nSPS) is 16.6. The minimum atomic E-state index is 0.824. The van der Waals surface area contributed by atoms with Crippen LogP contribution in [-0.2, 0) is 0 Å². The zero-order chi connectivity index (χ0) is 9.97. The second-order valence-corrected chi connectivity index (χ2v) is 4.08. The van der Waals surface area contributed by atoms with Crippen molar-refractivity contribution in [2.75, 3.05) is 13.1 Å². The Morgan fingerprint density at radius 1 is 1.36 bits per heavy atom. The lowest BCUT2D eigenvalue weighted by molar-refractivity contribution is 0.738. The van der Waals surface area contributed by atoms with E-state index in [1.54, 1.807) is 0 Å².